The van der Waals surface area contributed by atoms with Gasteiger partial charge in [-0.2, -0.15) is 0 Å². The fourth-order valence-corrected chi connectivity index (χ4v) is 3.71. The van der Waals surface area contributed by atoms with E-state index in [9.17, 15) is 4.79 Å². The number of nitrogens with one attached hydrogen (secondary N) is 1. The normalized spacial score (nSPS) is 11.0. The minimum Gasteiger partial charge on any atom is -0.485 e. The lowest BCUT2D eigenvalue weighted by Gasteiger charge is -2.12. The quantitative estimate of drug-likeness (QED) is 0.379. The first-order chi connectivity index (χ1) is 16.5. The van der Waals surface area contributed by atoms with Crippen molar-refractivity contribution >= 4 is 22.8 Å². The van der Waals surface area contributed by atoms with E-state index in [4.69, 9.17) is 13.7 Å². The summed E-state index contributed by atoms with van der Waals surface area (Å²) in [7, 11) is 0. The minimum atomic E-state index is -0.384. The van der Waals surface area contributed by atoms with Crippen molar-refractivity contribution in [3.63, 3.8) is 0 Å². The Morgan fingerprint density at radius 1 is 1.09 bits per heavy atom. The summed E-state index contributed by atoms with van der Waals surface area (Å²) in [6.45, 7) is 5.78. The Morgan fingerprint density at radius 3 is 2.68 bits per heavy atom. The Hall–Kier alpha value is -4.53. The number of carbonyl (C=O) groups excluding carboxylic acids is 1. The number of fused-ring (bicyclic) bond motifs is 1. The predicted octanol–water partition coefficient (Wildman–Crippen LogP) is 5.03. The van der Waals surface area contributed by atoms with E-state index in [0.717, 1.165) is 16.9 Å². The van der Waals surface area contributed by atoms with E-state index in [1.807, 2.05) is 32.0 Å². The van der Waals surface area contributed by atoms with Crippen LogP contribution < -0.4 is 10.1 Å². The third kappa shape index (κ3) is 4.11. The van der Waals surface area contributed by atoms with Crippen molar-refractivity contribution in [1.29, 1.82) is 0 Å². The van der Waals surface area contributed by atoms with Gasteiger partial charge in [-0.05, 0) is 62.7 Å². The number of anilines is 1. The monoisotopic (exact) mass is 455 g/mol. The molecule has 5 aromatic rings. The van der Waals surface area contributed by atoms with Crippen LogP contribution in [0.1, 0.15) is 33.1 Å². The first-order valence-electron chi connectivity index (χ1n) is 10.6. The number of hydrogen-bond acceptors (Lipinski definition) is 8. The van der Waals surface area contributed by atoms with Crippen LogP contribution in [0.4, 0.5) is 5.82 Å². The maximum atomic E-state index is 13.4. The van der Waals surface area contributed by atoms with Crippen molar-refractivity contribution in [1.82, 2.24) is 20.1 Å². The van der Waals surface area contributed by atoms with Crippen molar-refractivity contribution in [2.24, 2.45) is 0 Å². The lowest BCUT2D eigenvalue weighted by atomic mass is 10.1. The van der Waals surface area contributed by atoms with Gasteiger partial charge in [0.25, 0.3) is 11.6 Å². The highest BCUT2D eigenvalue weighted by Crippen LogP contribution is 2.31. The fourth-order valence-electron chi connectivity index (χ4n) is 3.71. The van der Waals surface area contributed by atoms with Gasteiger partial charge in [0.2, 0.25) is 0 Å². The van der Waals surface area contributed by atoms with Crippen LogP contribution in [0.2, 0.25) is 0 Å². The van der Waals surface area contributed by atoms with Crippen molar-refractivity contribution in [2.45, 2.75) is 27.4 Å². The molecule has 1 N–H and O–H groups in total. The van der Waals surface area contributed by atoms with Gasteiger partial charge in [-0.25, -0.2) is 9.97 Å². The van der Waals surface area contributed by atoms with Crippen molar-refractivity contribution < 1.29 is 18.5 Å². The summed E-state index contributed by atoms with van der Waals surface area (Å²) in [6.07, 6.45) is 4.98. The molecule has 0 aliphatic carbocycles. The van der Waals surface area contributed by atoms with Gasteiger partial charge in [0.05, 0.1) is 22.3 Å². The first kappa shape index (κ1) is 21.3. The van der Waals surface area contributed by atoms with Gasteiger partial charge in [-0.1, -0.05) is 5.16 Å². The topological polar surface area (TPSA) is 116 Å². The van der Waals surface area contributed by atoms with Crippen LogP contribution in [-0.4, -0.2) is 26.0 Å². The summed E-state index contributed by atoms with van der Waals surface area (Å²) < 4.78 is 16.9. The van der Waals surface area contributed by atoms with Crippen LogP contribution in [-0.2, 0) is 6.61 Å². The van der Waals surface area contributed by atoms with Crippen LogP contribution in [0.5, 0.6) is 5.75 Å². The molecule has 0 spiro atoms. The SMILES string of the molecule is Cc1cc(-c2cc(C(=O)Nc3ncccc3OCc3ccncc3)c3c(C)noc3n2)c(C)o1. The van der Waals surface area contributed by atoms with Crippen molar-refractivity contribution in [2.75, 3.05) is 5.32 Å². The lowest BCUT2D eigenvalue weighted by molar-refractivity contribution is 0.102. The van der Waals surface area contributed by atoms with Crippen LogP contribution in [0, 0.1) is 20.8 Å². The maximum Gasteiger partial charge on any atom is 0.259 e. The number of nitrogens with zero attached hydrogens (tertiary/aromatic N) is 4. The molecular weight excluding hydrogens is 434 g/mol. The fraction of sp³-hybridized carbons (Fsp3) is 0.160. The molecule has 9 heteroatoms. The number of amides is 1. The molecular formula is C25H21N5O4. The molecule has 0 fully saturated rings. The first-order valence-corrected chi connectivity index (χ1v) is 10.6. The van der Waals surface area contributed by atoms with Crippen molar-refractivity contribution in [3.8, 4) is 17.0 Å². The van der Waals surface area contributed by atoms with E-state index in [1.165, 1.54) is 0 Å². The van der Waals surface area contributed by atoms with Gasteiger partial charge in [0.1, 0.15) is 18.1 Å². The van der Waals surface area contributed by atoms with Gasteiger partial charge < -0.3 is 19.0 Å². The molecule has 0 aliphatic rings. The Bertz CT molecular complexity index is 1490. The van der Waals surface area contributed by atoms with Gasteiger partial charge in [-0.3, -0.25) is 9.78 Å². The Labute approximate surface area is 194 Å². The molecule has 0 radical (unpaired) electrons. The molecule has 0 atom stereocenters. The van der Waals surface area contributed by atoms with Crippen LogP contribution in [0.25, 0.3) is 22.4 Å². The average Bonchev–Trinajstić information content (AvgIpc) is 3.39. The Balaban J connectivity index is 1.49. The molecule has 5 rings (SSSR count). The summed E-state index contributed by atoms with van der Waals surface area (Å²) in [5, 5.41) is 7.40. The van der Waals surface area contributed by atoms with Gasteiger partial charge >= 0.3 is 0 Å². The molecule has 5 aromatic heterocycles. The molecule has 0 saturated heterocycles. The van der Waals surface area contributed by atoms with Gasteiger partial charge in [0.15, 0.2) is 11.6 Å². The number of hydrogen-bond donors (Lipinski definition) is 1. The summed E-state index contributed by atoms with van der Waals surface area (Å²) in [5.41, 5.74) is 3.48. The number of aromatic nitrogens is 4. The lowest BCUT2D eigenvalue weighted by Crippen LogP contribution is -2.15. The van der Waals surface area contributed by atoms with E-state index < -0.39 is 0 Å². The number of carbonyl (C=O) groups is 1. The van der Waals surface area contributed by atoms with Crippen LogP contribution >= 0.6 is 0 Å². The molecule has 1 amide bonds. The van der Waals surface area contributed by atoms with Gasteiger partial charge in [0, 0.05) is 24.2 Å². The molecule has 0 aliphatic heterocycles. The summed E-state index contributed by atoms with van der Waals surface area (Å²) >= 11 is 0. The van der Waals surface area contributed by atoms with E-state index in [2.05, 4.69) is 25.4 Å². The smallest absolute Gasteiger partial charge is 0.259 e. The Morgan fingerprint density at radius 2 is 1.91 bits per heavy atom. The molecule has 34 heavy (non-hydrogen) atoms. The molecule has 0 unspecified atom stereocenters. The van der Waals surface area contributed by atoms with Crippen molar-refractivity contribution in [3.05, 3.63) is 83.3 Å². The second-order valence-electron chi connectivity index (χ2n) is 7.78. The standard InChI is InChI=1S/C25H21N5O4/c1-14-11-18(16(3)33-14)20-12-19(22-15(2)30-34-25(22)28-20)24(31)29-23-21(5-4-8-27-23)32-13-17-6-9-26-10-7-17/h4-12H,13H2,1-3H3,(H,27,29,31). The van der Waals surface area contributed by atoms with E-state index in [-0.39, 0.29) is 11.6 Å². The number of furan rings is 1. The van der Waals surface area contributed by atoms with E-state index in [1.54, 1.807) is 43.7 Å². The number of rotatable bonds is 6. The minimum absolute atomic E-state index is 0.272. The zero-order chi connectivity index (χ0) is 23.7. The molecule has 5 heterocycles. The average molecular weight is 455 g/mol. The van der Waals surface area contributed by atoms with E-state index >= 15 is 0 Å². The predicted molar refractivity (Wildman–Crippen MR) is 124 cm³/mol. The third-order valence-corrected chi connectivity index (χ3v) is 5.32. The number of ether oxygens (including phenoxy) is 1. The largest absolute Gasteiger partial charge is 0.485 e. The molecule has 9 nitrogen and oxygen atoms in total. The van der Waals surface area contributed by atoms with Gasteiger partial charge in [-0.15, -0.1) is 0 Å². The summed E-state index contributed by atoms with van der Waals surface area (Å²) in [4.78, 5) is 26.3. The third-order valence-electron chi connectivity index (χ3n) is 5.32. The molecule has 0 bridgehead atoms. The molecule has 0 saturated carbocycles. The zero-order valence-electron chi connectivity index (χ0n) is 18.8. The summed E-state index contributed by atoms with van der Waals surface area (Å²) in [5.74, 6) is 1.81. The number of pyridine rings is 3. The highest BCUT2D eigenvalue weighted by atomic mass is 16.5. The summed E-state index contributed by atoms with van der Waals surface area (Å²) in [6, 6.07) is 10.8. The van der Waals surface area contributed by atoms with Crippen LogP contribution in [0.3, 0.4) is 0 Å². The molecule has 170 valence electrons. The second kappa shape index (κ2) is 8.78. The zero-order valence-corrected chi connectivity index (χ0v) is 18.8. The highest BCUT2D eigenvalue weighted by molar-refractivity contribution is 6.13. The maximum absolute atomic E-state index is 13.4. The molecule has 0 aromatic carbocycles. The number of aryl methyl sites for hydroxylation is 3. The Kier molecular flexibility index (Phi) is 5.51. The van der Waals surface area contributed by atoms with E-state index in [0.29, 0.717) is 46.3 Å². The second-order valence-corrected chi connectivity index (χ2v) is 7.78. The van der Waals surface area contributed by atoms with Crippen LogP contribution in [0.15, 0.2) is 63.9 Å². The highest BCUT2D eigenvalue weighted by Gasteiger charge is 2.22.